The fourth-order valence-electron chi connectivity index (χ4n) is 2.71. The Morgan fingerprint density at radius 3 is 3.18 bits per heavy atom. The van der Waals surface area contributed by atoms with E-state index >= 15 is 0 Å². The largest absolute Gasteiger partial charge is 0.497 e. The Balaban J connectivity index is 1.75. The van der Waals surface area contributed by atoms with Crippen LogP contribution in [0.4, 0.5) is 0 Å². The number of methoxy groups -OCH3 is 1. The third-order valence-corrected chi connectivity index (χ3v) is 3.83. The van der Waals surface area contributed by atoms with Gasteiger partial charge in [-0.1, -0.05) is 17.3 Å². The van der Waals surface area contributed by atoms with E-state index in [2.05, 4.69) is 10.1 Å². The van der Waals surface area contributed by atoms with Crippen LogP contribution in [0.2, 0.25) is 0 Å². The Labute approximate surface area is 128 Å². The minimum Gasteiger partial charge on any atom is -0.497 e. The van der Waals surface area contributed by atoms with Crippen molar-refractivity contribution in [2.75, 3.05) is 13.7 Å². The first-order valence-corrected chi connectivity index (χ1v) is 7.18. The predicted octanol–water partition coefficient (Wildman–Crippen LogP) is 1.19. The number of hydrogen-bond donors (Lipinski definition) is 1. The van der Waals surface area contributed by atoms with E-state index in [0.717, 1.165) is 30.7 Å². The topological polar surface area (TPSA) is 94.5 Å². The van der Waals surface area contributed by atoms with Crippen LogP contribution in [0.15, 0.2) is 28.8 Å². The summed E-state index contributed by atoms with van der Waals surface area (Å²) >= 11 is 0. The molecule has 0 radical (unpaired) electrons. The number of carbonyl (C=O) groups is 1. The molecule has 7 nitrogen and oxygen atoms in total. The number of nitrogens with zero attached hydrogens (tertiary/aromatic N) is 3. The summed E-state index contributed by atoms with van der Waals surface area (Å²) in [4.78, 5) is 17.8. The van der Waals surface area contributed by atoms with Crippen LogP contribution in [0.3, 0.4) is 0 Å². The minimum absolute atomic E-state index is 0.243. The highest BCUT2D eigenvalue weighted by atomic mass is 16.5. The molecule has 1 aromatic carbocycles. The fraction of sp³-hybridized carbons (Fsp3) is 0.400. The second-order valence-electron chi connectivity index (χ2n) is 5.27. The molecule has 1 aromatic heterocycles. The molecule has 1 amide bonds. The molecule has 1 saturated heterocycles. The molecule has 1 aliphatic heterocycles. The van der Waals surface area contributed by atoms with Crippen LogP contribution < -0.4 is 10.5 Å². The molecule has 0 spiro atoms. The predicted molar refractivity (Wildman–Crippen MR) is 78.9 cm³/mol. The molecule has 0 aliphatic carbocycles. The molecule has 2 heterocycles. The minimum atomic E-state index is -0.301. The maximum absolute atomic E-state index is 11.4. The van der Waals surface area contributed by atoms with Gasteiger partial charge in [-0.2, -0.15) is 4.98 Å². The molecule has 2 N–H and O–H groups in total. The quantitative estimate of drug-likeness (QED) is 0.891. The number of benzene rings is 1. The average molecular weight is 302 g/mol. The lowest BCUT2D eigenvalue weighted by Gasteiger charge is -2.19. The monoisotopic (exact) mass is 302 g/mol. The van der Waals surface area contributed by atoms with Crippen molar-refractivity contribution < 1.29 is 14.1 Å². The van der Waals surface area contributed by atoms with Gasteiger partial charge in [0.1, 0.15) is 5.75 Å². The van der Waals surface area contributed by atoms with Gasteiger partial charge < -0.3 is 15.0 Å². The molecule has 3 rings (SSSR count). The maximum Gasteiger partial charge on any atom is 0.241 e. The summed E-state index contributed by atoms with van der Waals surface area (Å²) in [6, 6.07) is 7.21. The van der Waals surface area contributed by atoms with Gasteiger partial charge in [0, 0.05) is 5.56 Å². The van der Waals surface area contributed by atoms with Crippen molar-refractivity contribution >= 4 is 5.91 Å². The molecule has 1 fully saturated rings. The smallest absolute Gasteiger partial charge is 0.241 e. The van der Waals surface area contributed by atoms with Gasteiger partial charge in [-0.25, -0.2) is 0 Å². The van der Waals surface area contributed by atoms with Crippen LogP contribution in [0.25, 0.3) is 11.4 Å². The summed E-state index contributed by atoms with van der Waals surface area (Å²) in [5, 5.41) is 3.99. The Morgan fingerprint density at radius 1 is 1.55 bits per heavy atom. The molecule has 0 saturated carbocycles. The standard InChI is InChI=1S/C15H18N4O3/c1-21-11-5-2-4-10(8-11)15-17-13(22-18-15)9-19-7-3-6-12(19)14(16)20/h2,4-5,8,12H,3,6-7,9H2,1H3,(H2,16,20). The molecule has 1 aliphatic rings. The Hall–Kier alpha value is -2.41. The number of aromatic nitrogens is 2. The lowest BCUT2D eigenvalue weighted by Crippen LogP contribution is -2.39. The van der Waals surface area contributed by atoms with E-state index in [0.29, 0.717) is 18.3 Å². The molecular formula is C15H18N4O3. The van der Waals surface area contributed by atoms with Gasteiger partial charge in [0.15, 0.2) is 0 Å². The second kappa shape index (κ2) is 6.15. The van der Waals surface area contributed by atoms with E-state index in [9.17, 15) is 4.79 Å². The number of rotatable bonds is 5. The van der Waals surface area contributed by atoms with Crippen molar-refractivity contribution in [3.05, 3.63) is 30.2 Å². The van der Waals surface area contributed by atoms with Gasteiger partial charge in [-0.3, -0.25) is 9.69 Å². The van der Waals surface area contributed by atoms with Gasteiger partial charge in [-0.05, 0) is 31.5 Å². The summed E-state index contributed by atoms with van der Waals surface area (Å²) in [5.74, 6) is 1.41. The van der Waals surface area contributed by atoms with Crippen LogP contribution in [-0.4, -0.2) is 40.6 Å². The third-order valence-electron chi connectivity index (χ3n) is 3.83. The first-order chi connectivity index (χ1) is 10.7. The van der Waals surface area contributed by atoms with E-state index in [-0.39, 0.29) is 11.9 Å². The summed E-state index contributed by atoms with van der Waals surface area (Å²) in [6.07, 6.45) is 1.73. The van der Waals surface area contributed by atoms with Crippen molar-refractivity contribution in [2.45, 2.75) is 25.4 Å². The molecule has 22 heavy (non-hydrogen) atoms. The average Bonchev–Trinajstić information content (AvgIpc) is 3.17. The first-order valence-electron chi connectivity index (χ1n) is 7.18. The van der Waals surface area contributed by atoms with Crippen molar-refractivity contribution in [1.82, 2.24) is 15.0 Å². The van der Waals surface area contributed by atoms with E-state index in [4.69, 9.17) is 15.0 Å². The van der Waals surface area contributed by atoms with Crippen LogP contribution in [0.1, 0.15) is 18.7 Å². The van der Waals surface area contributed by atoms with Gasteiger partial charge in [0.05, 0.1) is 19.7 Å². The van der Waals surface area contributed by atoms with E-state index < -0.39 is 0 Å². The maximum atomic E-state index is 11.4. The van der Waals surface area contributed by atoms with Crippen molar-refractivity contribution in [2.24, 2.45) is 5.73 Å². The lowest BCUT2D eigenvalue weighted by atomic mass is 10.2. The SMILES string of the molecule is COc1cccc(-c2noc(CN3CCCC3C(N)=O)n2)c1. The number of likely N-dealkylation sites (tertiary alicyclic amines) is 1. The van der Waals surface area contributed by atoms with E-state index in [1.54, 1.807) is 7.11 Å². The number of hydrogen-bond acceptors (Lipinski definition) is 6. The molecule has 7 heteroatoms. The van der Waals surface area contributed by atoms with Gasteiger partial charge in [0.2, 0.25) is 17.6 Å². The van der Waals surface area contributed by atoms with Gasteiger partial charge >= 0.3 is 0 Å². The van der Waals surface area contributed by atoms with Crippen LogP contribution in [0.5, 0.6) is 5.75 Å². The molecule has 1 atom stereocenters. The van der Waals surface area contributed by atoms with Crippen LogP contribution in [-0.2, 0) is 11.3 Å². The number of amides is 1. The second-order valence-corrected chi connectivity index (χ2v) is 5.27. The molecular weight excluding hydrogens is 284 g/mol. The fourth-order valence-corrected chi connectivity index (χ4v) is 2.71. The zero-order valence-electron chi connectivity index (χ0n) is 12.4. The van der Waals surface area contributed by atoms with Crippen molar-refractivity contribution in [1.29, 1.82) is 0 Å². The highest BCUT2D eigenvalue weighted by Gasteiger charge is 2.30. The normalized spacial score (nSPS) is 18.5. The summed E-state index contributed by atoms with van der Waals surface area (Å²) in [5.41, 5.74) is 6.23. The Morgan fingerprint density at radius 2 is 2.41 bits per heavy atom. The number of ether oxygens (including phenoxy) is 1. The first kappa shape index (κ1) is 14.5. The van der Waals surface area contributed by atoms with Crippen molar-refractivity contribution in [3.63, 3.8) is 0 Å². The Bertz CT molecular complexity index is 670. The zero-order valence-corrected chi connectivity index (χ0v) is 12.4. The molecule has 0 bridgehead atoms. The number of primary amides is 1. The summed E-state index contributed by atoms with van der Waals surface area (Å²) in [7, 11) is 1.61. The van der Waals surface area contributed by atoms with Gasteiger partial charge in [0.25, 0.3) is 0 Å². The number of carbonyl (C=O) groups excluding carboxylic acids is 1. The van der Waals surface area contributed by atoms with Crippen molar-refractivity contribution in [3.8, 4) is 17.1 Å². The number of nitrogens with two attached hydrogens (primary N) is 1. The summed E-state index contributed by atoms with van der Waals surface area (Å²) < 4.78 is 10.5. The third kappa shape index (κ3) is 2.94. The highest BCUT2D eigenvalue weighted by molar-refractivity contribution is 5.80. The zero-order chi connectivity index (χ0) is 15.5. The Kier molecular flexibility index (Phi) is 4.06. The molecule has 116 valence electrons. The molecule has 1 unspecified atom stereocenters. The summed E-state index contributed by atoms with van der Waals surface area (Å²) in [6.45, 7) is 1.25. The van der Waals surface area contributed by atoms with Crippen LogP contribution >= 0.6 is 0 Å². The van der Waals surface area contributed by atoms with Gasteiger partial charge in [-0.15, -0.1) is 0 Å². The van der Waals surface area contributed by atoms with Crippen LogP contribution in [0, 0.1) is 0 Å². The van der Waals surface area contributed by atoms with E-state index in [1.165, 1.54) is 0 Å². The molecule has 2 aromatic rings. The van der Waals surface area contributed by atoms with E-state index in [1.807, 2.05) is 29.2 Å². The lowest BCUT2D eigenvalue weighted by molar-refractivity contribution is -0.122. The highest BCUT2D eigenvalue weighted by Crippen LogP contribution is 2.23.